The van der Waals surface area contributed by atoms with Crippen molar-refractivity contribution in [1.29, 1.82) is 0 Å². The van der Waals surface area contributed by atoms with Crippen LogP contribution in [0.25, 0.3) is 89.5 Å². The lowest BCUT2D eigenvalue weighted by Gasteiger charge is -2.16. The third kappa shape index (κ3) is 19.3. The van der Waals surface area contributed by atoms with Crippen LogP contribution in [0, 0.1) is 92.5 Å². The standard InChI is InChI=1S/C28H36N.2C25H30N.C20H20N/c1-19(2)13-24-16-28(29(7)18-25(24)14-20(3)4)27-17-26(21(5)15-22(27)6)23-11-9-8-10-12-23;1-17(2)12-22-16-26(6)25(14-18(22)3)24-15-23(19(4)13-20(24)5)21-10-8-7-9-11-21;1-17(2)12-22-14-25(26(6)16-20(22)5)24-15-23(18(3)13-19(24)4)21-10-8-7-9-11-21;1-15-13-16(2)19(20-11-7-8-12-21(20)3)14-18(15)17-9-5-4-6-10-17/h8-12,15-20H,13-14H2,1-7H3;2*7-11,13-17H,12H2,1-6H3;4-14H,1-3H3/q4*+1/i5D3,13D2,14D2;4D3,12D2;3D3,5D3,12D2;1D3. The SMILES string of the molecule is [2H]C([2H])([2H])c1cc(C)c(-c2cc(C([2H])([2H])C(C)C)c(C([2H])([2H])C(C)C)c[n+]2C)cc1-c1ccccc1.[2H]C([2H])([2H])c1cc(C)c(-c2cc(C([2H])([2H])C(C)C)c(C([2H])([2H])[2H])c[n+]2C)cc1-c1ccccc1.[2H]C([2H])([2H])c1cc(C)c(-c2cc(C)c(C([2H])([2H])C(C)C)c[n+]2C)cc1-c1ccccc1.[2H]C([2H])([2H])c1cc(C)c(-c2cccc[n+]2C)cc1-c1ccccc1. The fourth-order valence-corrected chi connectivity index (χ4v) is 12.8. The summed E-state index contributed by atoms with van der Waals surface area (Å²) in [5, 5.41) is 0. The Morgan fingerprint density at radius 3 is 0.902 bits per heavy atom. The lowest BCUT2D eigenvalue weighted by Crippen LogP contribution is -2.32. The molecule has 0 aliphatic heterocycles. The van der Waals surface area contributed by atoms with Gasteiger partial charge < -0.3 is 0 Å². The highest BCUT2D eigenvalue weighted by Crippen LogP contribution is 2.37. The van der Waals surface area contributed by atoms with Crippen LogP contribution in [0.2, 0.25) is 0 Å². The summed E-state index contributed by atoms with van der Waals surface area (Å²) in [6.07, 6.45) is 0.218. The van der Waals surface area contributed by atoms with Crippen molar-refractivity contribution in [3.05, 3.63) is 309 Å². The number of aromatic nitrogens is 4. The lowest BCUT2D eigenvalue weighted by molar-refractivity contribution is -0.661. The molecule has 0 amide bonds. The molecule has 0 bridgehead atoms. The number of benzene rings is 8. The molecule has 12 aromatic rings. The van der Waals surface area contributed by atoms with E-state index in [0.29, 0.717) is 67.0 Å². The molecule has 4 nitrogen and oxygen atoms in total. The summed E-state index contributed by atoms with van der Waals surface area (Å²) in [5.74, 6) is -1.33. The zero-order valence-electron chi connectivity index (χ0n) is 85.5. The second kappa shape index (κ2) is 34.8. The molecule has 4 heteroatoms. The van der Waals surface area contributed by atoms with E-state index in [2.05, 4.69) is 0 Å². The van der Waals surface area contributed by atoms with E-state index < -0.39 is 65.7 Å². The Balaban J connectivity index is 0.000000190. The molecule has 0 saturated carbocycles. The lowest BCUT2D eigenvalue weighted by atomic mass is 9.90. The van der Waals surface area contributed by atoms with Gasteiger partial charge in [0, 0.05) is 101 Å². The Bertz CT molecular complexity index is 5830. The van der Waals surface area contributed by atoms with E-state index in [1.165, 1.54) is 6.20 Å². The maximum Gasteiger partial charge on any atom is 0.212 e. The molecule has 0 N–H and O–H groups in total. The first kappa shape index (κ1) is 50.7. The third-order valence-corrected chi connectivity index (χ3v) is 17.8. The van der Waals surface area contributed by atoms with E-state index in [0.717, 1.165) is 78.1 Å². The van der Waals surface area contributed by atoms with Crippen molar-refractivity contribution in [2.24, 2.45) is 51.9 Å². The molecule has 0 aliphatic rings. The molecule has 0 unspecified atom stereocenters. The van der Waals surface area contributed by atoms with Gasteiger partial charge in [0.25, 0.3) is 0 Å². The predicted octanol–water partition coefficient (Wildman–Crippen LogP) is 23.3. The van der Waals surface area contributed by atoms with Gasteiger partial charge in [0.2, 0.25) is 22.8 Å². The molecule has 0 radical (unpaired) electrons. The van der Waals surface area contributed by atoms with Gasteiger partial charge in [0.15, 0.2) is 24.8 Å². The van der Waals surface area contributed by atoms with Gasteiger partial charge in [-0.3, -0.25) is 0 Å². The maximum atomic E-state index is 8.88. The zero-order valence-corrected chi connectivity index (χ0v) is 62.5. The summed E-state index contributed by atoms with van der Waals surface area (Å²) < 4.78 is 197. The molecular formula is C98H116N4+4. The van der Waals surface area contributed by atoms with Crippen LogP contribution >= 0.6 is 0 Å². The highest BCUT2D eigenvalue weighted by atomic mass is 14.9. The Kier molecular flexibility index (Phi) is 17.3. The second-order valence-electron chi connectivity index (χ2n) is 27.8. The van der Waals surface area contributed by atoms with Crippen molar-refractivity contribution in [3.63, 3.8) is 0 Å². The molecule has 0 fully saturated rings. The quantitative estimate of drug-likeness (QED) is 0.0857. The summed E-state index contributed by atoms with van der Waals surface area (Å²) >= 11 is 0. The minimum absolute atomic E-state index is 0.0301. The molecule has 0 atom stereocenters. The van der Waals surface area contributed by atoms with E-state index >= 15 is 0 Å². The van der Waals surface area contributed by atoms with Crippen LogP contribution in [0.15, 0.2) is 231 Å². The fourth-order valence-electron chi connectivity index (χ4n) is 12.8. The van der Waals surface area contributed by atoms with Gasteiger partial charge in [-0.15, -0.1) is 0 Å². The van der Waals surface area contributed by atoms with Crippen LogP contribution in [0.4, 0.5) is 0 Å². The first-order valence-corrected chi connectivity index (χ1v) is 35.1. The second-order valence-corrected chi connectivity index (χ2v) is 27.8. The van der Waals surface area contributed by atoms with E-state index in [9.17, 15) is 0 Å². The minimum atomic E-state index is -2.48. The summed E-state index contributed by atoms with van der Waals surface area (Å²) in [6.45, 7) is 12.4. The number of hydrogen-bond acceptors (Lipinski definition) is 0. The van der Waals surface area contributed by atoms with Crippen molar-refractivity contribution in [2.45, 2.75) is 150 Å². The summed E-state index contributed by atoms with van der Waals surface area (Å²) in [6, 6.07) is 63.9. The van der Waals surface area contributed by atoms with Crippen LogP contribution in [-0.4, -0.2) is 0 Å². The Hall–Kier alpha value is -9.64. The molecule has 0 aliphatic carbocycles. The fraction of sp³-hybridized carbons (Fsp3) is 0.306. The van der Waals surface area contributed by atoms with Crippen molar-refractivity contribution < 1.29 is 49.8 Å². The number of rotatable bonds is 16. The van der Waals surface area contributed by atoms with Crippen molar-refractivity contribution in [3.8, 4) is 89.5 Å². The number of pyridine rings is 4. The summed E-state index contributed by atoms with van der Waals surface area (Å²) in [5.41, 5.74) is 19.6. The van der Waals surface area contributed by atoms with E-state index in [4.69, 9.17) is 31.5 Å². The number of nitrogens with zero attached hydrogens (tertiary/aromatic N) is 4. The van der Waals surface area contributed by atoms with Crippen molar-refractivity contribution >= 4 is 0 Å². The summed E-state index contributed by atoms with van der Waals surface area (Å²) in [7, 11) is 7.45. The molecule has 12 rings (SSSR count). The van der Waals surface area contributed by atoms with Gasteiger partial charge in [0.05, 0.1) is 0 Å². The van der Waals surface area contributed by atoms with Crippen molar-refractivity contribution in [1.82, 2.24) is 0 Å². The van der Waals surface area contributed by atoms with Crippen LogP contribution in [0.3, 0.4) is 0 Å². The van der Waals surface area contributed by atoms with Gasteiger partial charge in [-0.2, -0.15) is 0 Å². The molecule has 524 valence electrons. The molecule has 0 saturated heterocycles. The molecule has 4 aromatic heterocycles. The largest absolute Gasteiger partial charge is 0.212 e. The average molecular weight is 1370 g/mol. The first-order chi connectivity index (χ1) is 57.7. The van der Waals surface area contributed by atoms with Crippen molar-refractivity contribution in [2.75, 3.05) is 0 Å². The van der Waals surface area contributed by atoms with Crippen LogP contribution in [0.5, 0.6) is 0 Å². The molecule has 4 heterocycles. The topological polar surface area (TPSA) is 15.5 Å². The van der Waals surface area contributed by atoms with Crippen LogP contribution < -0.4 is 18.3 Å². The molecule has 0 spiro atoms. The van der Waals surface area contributed by atoms with Gasteiger partial charge in [-0.05, 0) is 254 Å². The van der Waals surface area contributed by atoms with E-state index in [-0.39, 0.29) is 40.0 Å². The number of aryl methyl sites for hydroxylation is 14. The van der Waals surface area contributed by atoms with Gasteiger partial charge in [-0.25, -0.2) is 18.3 Å². The van der Waals surface area contributed by atoms with E-state index in [1.54, 1.807) is 95.8 Å². The van der Waals surface area contributed by atoms with Gasteiger partial charge in [-0.1, -0.05) is 201 Å². The maximum absolute atomic E-state index is 8.88. The predicted molar refractivity (Wildman–Crippen MR) is 435 cm³/mol. The van der Waals surface area contributed by atoms with Crippen LogP contribution in [-0.2, 0) is 53.7 Å². The highest BCUT2D eigenvalue weighted by molar-refractivity contribution is 5.79. The monoisotopic (exact) mass is 1370 g/mol. The third-order valence-electron chi connectivity index (χ3n) is 17.8. The van der Waals surface area contributed by atoms with Gasteiger partial charge >= 0.3 is 0 Å². The highest BCUT2D eigenvalue weighted by Gasteiger charge is 2.24. The number of hydrogen-bond donors (Lipinski definition) is 0. The van der Waals surface area contributed by atoms with E-state index in [1.807, 2.05) is 266 Å². The molecular weight excluding hydrogens is 1230 g/mol. The summed E-state index contributed by atoms with van der Waals surface area (Å²) in [4.78, 5) is 0. The molecule has 102 heavy (non-hydrogen) atoms. The molecule has 8 aromatic carbocycles. The smallest absolute Gasteiger partial charge is 0.201 e. The first-order valence-electron chi connectivity index (χ1n) is 46.6. The van der Waals surface area contributed by atoms with Crippen LogP contribution in [0.1, 0.15) is 165 Å². The Morgan fingerprint density at radius 1 is 0.255 bits per heavy atom. The van der Waals surface area contributed by atoms with Gasteiger partial charge in [0.1, 0.15) is 28.2 Å². The Labute approximate surface area is 647 Å². The average Bonchev–Trinajstić information content (AvgIpc) is 0.749. The zero-order chi connectivity index (χ0) is 93.3. The Morgan fingerprint density at radius 2 is 0.549 bits per heavy atom. The normalized spacial score (nSPS) is 15.7. The minimum Gasteiger partial charge on any atom is -0.201 e.